The summed E-state index contributed by atoms with van der Waals surface area (Å²) in [5.41, 5.74) is 2.53. The quantitative estimate of drug-likeness (QED) is 0.899. The Labute approximate surface area is 116 Å². The summed E-state index contributed by atoms with van der Waals surface area (Å²) in [6.07, 6.45) is 3.73. The summed E-state index contributed by atoms with van der Waals surface area (Å²) >= 11 is 0. The Hall–Kier alpha value is -1.22. The molecule has 1 aliphatic rings. The normalized spacial score (nSPS) is 19.5. The molecule has 1 unspecified atom stereocenters. The summed E-state index contributed by atoms with van der Waals surface area (Å²) in [6.45, 7) is 5.49. The molecule has 0 spiro atoms. The average molecular weight is 263 g/mol. The van der Waals surface area contributed by atoms with E-state index in [0.29, 0.717) is 12.0 Å². The molecule has 1 atom stereocenters. The minimum Gasteiger partial charge on any atom is -0.496 e. The standard InChI is InChI=1S/C16H25NO2/c1-11(2)12-9-13(14-7-5-6-8-17-14)16(19-4)10-15(12)18-3/h9-11,14,17H,5-8H2,1-4H3. The van der Waals surface area contributed by atoms with E-state index >= 15 is 0 Å². The first-order chi connectivity index (χ1) is 9.17. The Bertz CT molecular complexity index is 423. The van der Waals surface area contributed by atoms with Gasteiger partial charge in [0.2, 0.25) is 0 Å². The summed E-state index contributed by atoms with van der Waals surface area (Å²) in [5, 5.41) is 3.59. The van der Waals surface area contributed by atoms with Crippen LogP contribution in [-0.4, -0.2) is 20.8 Å². The van der Waals surface area contributed by atoms with Gasteiger partial charge >= 0.3 is 0 Å². The first-order valence-corrected chi connectivity index (χ1v) is 7.16. The highest BCUT2D eigenvalue weighted by Gasteiger charge is 2.21. The van der Waals surface area contributed by atoms with E-state index in [1.807, 2.05) is 6.07 Å². The van der Waals surface area contributed by atoms with Crippen LogP contribution in [-0.2, 0) is 0 Å². The van der Waals surface area contributed by atoms with Crippen LogP contribution in [0, 0.1) is 0 Å². The predicted octanol–water partition coefficient (Wildman–Crippen LogP) is 3.64. The summed E-state index contributed by atoms with van der Waals surface area (Å²) in [7, 11) is 3.45. The lowest BCUT2D eigenvalue weighted by molar-refractivity contribution is 0.364. The van der Waals surface area contributed by atoms with Crippen LogP contribution in [0.3, 0.4) is 0 Å². The van der Waals surface area contributed by atoms with Crippen molar-refractivity contribution in [2.75, 3.05) is 20.8 Å². The molecule has 3 nitrogen and oxygen atoms in total. The van der Waals surface area contributed by atoms with Gasteiger partial charge in [-0.3, -0.25) is 0 Å². The molecule has 1 aromatic rings. The molecule has 1 heterocycles. The van der Waals surface area contributed by atoms with Crippen molar-refractivity contribution in [3.63, 3.8) is 0 Å². The van der Waals surface area contributed by atoms with E-state index in [0.717, 1.165) is 18.0 Å². The molecule has 19 heavy (non-hydrogen) atoms. The molecule has 0 saturated carbocycles. The second kappa shape index (κ2) is 6.29. The van der Waals surface area contributed by atoms with Gasteiger partial charge in [-0.25, -0.2) is 0 Å². The second-order valence-electron chi connectivity index (χ2n) is 5.49. The number of hydrogen-bond acceptors (Lipinski definition) is 3. The van der Waals surface area contributed by atoms with E-state index in [1.54, 1.807) is 14.2 Å². The van der Waals surface area contributed by atoms with Crippen LogP contribution in [0.1, 0.15) is 56.2 Å². The van der Waals surface area contributed by atoms with Crippen LogP contribution < -0.4 is 14.8 Å². The van der Waals surface area contributed by atoms with Crippen molar-refractivity contribution in [2.45, 2.75) is 45.1 Å². The van der Waals surface area contributed by atoms with Crippen molar-refractivity contribution in [2.24, 2.45) is 0 Å². The van der Waals surface area contributed by atoms with Crippen LogP contribution in [0.25, 0.3) is 0 Å². The zero-order valence-electron chi connectivity index (χ0n) is 12.5. The molecule has 2 rings (SSSR count). The molecular weight excluding hydrogens is 238 g/mol. The largest absolute Gasteiger partial charge is 0.496 e. The maximum absolute atomic E-state index is 5.56. The minimum absolute atomic E-state index is 0.409. The van der Waals surface area contributed by atoms with Crippen molar-refractivity contribution in [1.29, 1.82) is 0 Å². The maximum Gasteiger partial charge on any atom is 0.127 e. The lowest BCUT2D eigenvalue weighted by Gasteiger charge is -2.27. The Morgan fingerprint density at radius 2 is 1.84 bits per heavy atom. The van der Waals surface area contributed by atoms with Crippen LogP contribution in [0.2, 0.25) is 0 Å². The molecule has 1 N–H and O–H groups in total. The zero-order valence-corrected chi connectivity index (χ0v) is 12.5. The smallest absolute Gasteiger partial charge is 0.127 e. The van der Waals surface area contributed by atoms with Crippen LogP contribution in [0.15, 0.2) is 12.1 Å². The zero-order chi connectivity index (χ0) is 13.8. The summed E-state index contributed by atoms with van der Waals surface area (Å²) in [4.78, 5) is 0. The second-order valence-corrected chi connectivity index (χ2v) is 5.49. The fraction of sp³-hybridized carbons (Fsp3) is 0.625. The molecule has 1 saturated heterocycles. The molecule has 3 heteroatoms. The van der Waals surface area contributed by atoms with Crippen molar-refractivity contribution >= 4 is 0 Å². The van der Waals surface area contributed by atoms with E-state index in [-0.39, 0.29) is 0 Å². The Balaban J connectivity index is 2.42. The first kappa shape index (κ1) is 14.2. The van der Waals surface area contributed by atoms with Crippen molar-refractivity contribution < 1.29 is 9.47 Å². The number of piperidine rings is 1. The van der Waals surface area contributed by atoms with Gasteiger partial charge < -0.3 is 14.8 Å². The third-order valence-corrected chi connectivity index (χ3v) is 3.89. The highest BCUT2D eigenvalue weighted by Crippen LogP contribution is 2.38. The molecular formula is C16H25NO2. The highest BCUT2D eigenvalue weighted by molar-refractivity contribution is 5.49. The van der Waals surface area contributed by atoms with Gasteiger partial charge in [0, 0.05) is 17.7 Å². The SMILES string of the molecule is COc1cc(OC)c(C2CCCCN2)cc1C(C)C. The van der Waals surface area contributed by atoms with Gasteiger partial charge in [0.05, 0.1) is 14.2 Å². The highest BCUT2D eigenvalue weighted by atomic mass is 16.5. The molecule has 1 fully saturated rings. The van der Waals surface area contributed by atoms with Crippen molar-refractivity contribution in [3.05, 3.63) is 23.3 Å². The fourth-order valence-corrected chi connectivity index (χ4v) is 2.79. The number of nitrogens with one attached hydrogen (secondary N) is 1. The third-order valence-electron chi connectivity index (χ3n) is 3.89. The van der Waals surface area contributed by atoms with E-state index in [1.165, 1.54) is 30.4 Å². The molecule has 1 aliphatic heterocycles. The summed E-state index contributed by atoms with van der Waals surface area (Å²) in [6, 6.07) is 4.69. The Kier molecular flexibility index (Phi) is 4.70. The monoisotopic (exact) mass is 263 g/mol. The van der Waals surface area contributed by atoms with Gasteiger partial charge in [0.15, 0.2) is 0 Å². The number of rotatable bonds is 4. The van der Waals surface area contributed by atoms with Crippen molar-refractivity contribution in [1.82, 2.24) is 5.32 Å². The van der Waals surface area contributed by atoms with E-state index in [2.05, 4.69) is 25.2 Å². The number of methoxy groups -OCH3 is 2. The van der Waals surface area contributed by atoms with Gasteiger partial charge in [-0.05, 0) is 36.9 Å². The van der Waals surface area contributed by atoms with E-state index in [9.17, 15) is 0 Å². The summed E-state index contributed by atoms with van der Waals surface area (Å²) < 4.78 is 11.0. The molecule has 106 valence electrons. The fourth-order valence-electron chi connectivity index (χ4n) is 2.79. The minimum atomic E-state index is 0.409. The van der Waals surface area contributed by atoms with Crippen LogP contribution in [0.5, 0.6) is 11.5 Å². The van der Waals surface area contributed by atoms with Gasteiger partial charge in [-0.1, -0.05) is 20.3 Å². The van der Waals surface area contributed by atoms with Gasteiger partial charge in [0.25, 0.3) is 0 Å². The predicted molar refractivity (Wildman–Crippen MR) is 78.2 cm³/mol. The van der Waals surface area contributed by atoms with E-state index < -0.39 is 0 Å². The number of benzene rings is 1. The number of hydrogen-bond donors (Lipinski definition) is 1. The molecule has 0 bridgehead atoms. The summed E-state index contributed by atoms with van der Waals surface area (Å²) in [5.74, 6) is 2.30. The lowest BCUT2D eigenvalue weighted by atomic mass is 9.92. The first-order valence-electron chi connectivity index (χ1n) is 7.16. The van der Waals surface area contributed by atoms with Crippen LogP contribution >= 0.6 is 0 Å². The topological polar surface area (TPSA) is 30.5 Å². The van der Waals surface area contributed by atoms with Gasteiger partial charge in [-0.2, -0.15) is 0 Å². The molecule has 0 aliphatic carbocycles. The van der Waals surface area contributed by atoms with Crippen molar-refractivity contribution in [3.8, 4) is 11.5 Å². The number of ether oxygens (including phenoxy) is 2. The third kappa shape index (κ3) is 3.03. The molecule has 1 aromatic carbocycles. The average Bonchev–Trinajstić information content (AvgIpc) is 2.46. The molecule has 0 amide bonds. The lowest BCUT2D eigenvalue weighted by Crippen LogP contribution is -2.27. The van der Waals surface area contributed by atoms with Crippen LogP contribution in [0.4, 0.5) is 0 Å². The molecule has 0 radical (unpaired) electrons. The maximum atomic E-state index is 5.56. The molecule has 0 aromatic heterocycles. The Morgan fingerprint density at radius 1 is 1.11 bits per heavy atom. The Morgan fingerprint density at radius 3 is 2.37 bits per heavy atom. The van der Waals surface area contributed by atoms with E-state index in [4.69, 9.17) is 9.47 Å². The van der Waals surface area contributed by atoms with Gasteiger partial charge in [0.1, 0.15) is 11.5 Å². The van der Waals surface area contributed by atoms with Gasteiger partial charge in [-0.15, -0.1) is 0 Å².